The zero-order valence-corrected chi connectivity index (χ0v) is 16.1. The maximum absolute atomic E-state index is 11.9. The number of aromatic nitrogens is 1. The quantitative estimate of drug-likeness (QED) is 0.592. The van der Waals surface area contributed by atoms with Crippen LogP contribution in [0.25, 0.3) is 10.9 Å². The molecule has 3 aromatic rings. The summed E-state index contributed by atoms with van der Waals surface area (Å²) in [6.07, 6.45) is 0.453. The van der Waals surface area contributed by atoms with Crippen LogP contribution in [-0.2, 0) is 18.2 Å². The van der Waals surface area contributed by atoms with Crippen LogP contribution in [0.1, 0.15) is 32.7 Å². The van der Waals surface area contributed by atoms with Crippen LogP contribution >= 0.6 is 23.2 Å². The molecule has 0 atom stereocenters. The van der Waals surface area contributed by atoms with Crippen molar-refractivity contribution in [3.63, 3.8) is 0 Å². The molecule has 3 rings (SSSR count). The fourth-order valence-electron chi connectivity index (χ4n) is 3.11. The fraction of sp³-hybridized carbons (Fsp3) is 0.200. The van der Waals surface area contributed by atoms with E-state index in [2.05, 4.69) is 6.07 Å². The van der Waals surface area contributed by atoms with Crippen LogP contribution in [0.5, 0.6) is 0 Å². The molecule has 6 heteroatoms. The number of hydrogen-bond acceptors (Lipinski definition) is 3. The highest BCUT2D eigenvalue weighted by molar-refractivity contribution is 6.38. The van der Waals surface area contributed by atoms with E-state index in [0.29, 0.717) is 27.6 Å². The van der Waals surface area contributed by atoms with Crippen LogP contribution in [0.4, 0.5) is 0 Å². The Hall–Kier alpha value is -2.48. The van der Waals surface area contributed by atoms with Crippen LogP contribution in [-0.4, -0.2) is 17.6 Å². The van der Waals surface area contributed by atoms with Gasteiger partial charge < -0.3 is 9.30 Å². The van der Waals surface area contributed by atoms with Crippen LogP contribution in [0.3, 0.4) is 0 Å². The Morgan fingerprint density at radius 3 is 2.65 bits per heavy atom. The average molecular weight is 387 g/mol. The lowest BCUT2D eigenvalue weighted by Crippen LogP contribution is -2.05. The van der Waals surface area contributed by atoms with Gasteiger partial charge in [-0.3, -0.25) is 0 Å². The molecule has 0 spiro atoms. The number of carbonyl (C=O) groups is 1. The molecule has 0 radical (unpaired) electrons. The molecule has 1 aromatic heterocycles. The van der Waals surface area contributed by atoms with E-state index in [-0.39, 0.29) is 5.56 Å². The van der Waals surface area contributed by atoms with Gasteiger partial charge in [-0.2, -0.15) is 5.26 Å². The Kier molecular flexibility index (Phi) is 4.95. The Morgan fingerprint density at radius 2 is 2.00 bits per heavy atom. The van der Waals surface area contributed by atoms with Gasteiger partial charge in [0.2, 0.25) is 0 Å². The highest BCUT2D eigenvalue weighted by Gasteiger charge is 2.19. The molecule has 26 heavy (non-hydrogen) atoms. The van der Waals surface area contributed by atoms with E-state index in [0.717, 1.165) is 22.2 Å². The van der Waals surface area contributed by atoms with Crippen molar-refractivity contribution in [2.75, 3.05) is 7.11 Å². The van der Waals surface area contributed by atoms with E-state index in [9.17, 15) is 10.1 Å². The molecule has 0 saturated carbocycles. The number of aryl methyl sites for hydroxylation is 2. The monoisotopic (exact) mass is 386 g/mol. The number of hydrogen-bond donors (Lipinski definition) is 0. The first kappa shape index (κ1) is 18.3. The van der Waals surface area contributed by atoms with E-state index >= 15 is 0 Å². The molecule has 0 aliphatic rings. The minimum absolute atomic E-state index is 0.287. The van der Waals surface area contributed by atoms with E-state index in [4.69, 9.17) is 27.9 Å². The standard InChI is InChI=1S/C20H16Cl2N2O2/c1-11-12(10-23)4-7-18-15(11)8-13(24(18)2)9-16-17(21)6-5-14(19(16)22)20(25)26-3/h4-8H,9H2,1-3H3. The number of carbonyl (C=O) groups excluding carboxylic acids is 1. The van der Waals surface area contributed by atoms with Crippen molar-refractivity contribution in [2.24, 2.45) is 7.05 Å². The van der Waals surface area contributed by atoms with Gasteiger partial charge in [-0.1, -0.05) is 23.2 Å². The normalized spacial score (nSPS) is 10.8. The molecule has 0 N–H and O–H groups in total. The molecule has 0 fully saturated rings. The lowest BCUT2D eigenvalue weighted by Gasteiger charge is -2.11. The van der Waals surface area contributed by atoms with Crippen molar-refractivity contribution in [2.45, 2.75) is 13.3 Å². The maximum atomic E-state index is 11.9. The summed E-state index contributed by atoms with van der Waals surface area (Å²) in [6, 6.07) is 11.2. The van der Waals surface area contributed by atoms with Crippen LogP contribution < -0.4 is 0 Å². The molecule has 0 bridgehead atoms. The summed E-state index contributed by atoms with van der Waals surface area (Å²) in [5.41, 5.74) is 4.54. The van der Waals surface area contributed by atoms with Crippen molar-refractivity contribution in [3.05, 3.63) is 68.3 Å². The third-order valence-electron chi connectivity index (χ3n) is 4.66. The number of halogens is 2. The number of nitriles is 1. The molecular weight excluding hydrogens is 371 g/mol. The van der Waals surface area contributed by atoms with Gasteiger partial charge in [-0.25, -0.2) is 4.79 Å². The van der Waals surface area contributed by atoms with Crippen molar-refractivity contribution in [3.8, 4) is 6.07 Å². The number of esters is 1. The molecule has 132 valence electrons. The topological polar surface area (TPSA) is 55.0 Å². The number of ether oxygens (including phenoxy) is 1. The summed E-state index contributed by atoms with van der Waals surface area (Å²) in [6.45, 7) is 1.93. The zero-order chi connectivity index (χ0) is 19.0. The highest BCUT2D eigenvalue weighted by atomic mass is 35.5. The summed E-state index contributed by atoms with van der Waals surface area (Å²) < 4.78 is 6.82. The van der Waals surface area contributed by atoms with Gasteiger partial charge in [0, 0.05) is 35.1 Å². The van der Waals surface area contributed by atoms with Gasteiger partial charge in [0.15, 0.2) is 0 Å². The van der Waals surface area contributed by atoms with Gasteiger partial charge >= 0.3 is 5.97 Å². The predicted octanol–water partition coefficient (Wildman–Crippen LogP) is 5.04. The van der Waals surface area contributed by atoms with Crippen molar-refractivity contribution < 1.29 is 9.53 Å². The SMILES string of the molecule is COC(=O)c1ccc(Cl)c(Cc2cc3c(C)c(C#N)ccc3n2C)c1Cl. The second-order valence-electron chi connectivity index (χ2n) is 6.03. The van der Waals surface area contributed by atoms with Crippen LogP contribution in [0, 0.1) is 18.3 Å². The third-order valence-corrected chi connectivity index (χ3v) is 5.45. The summed E-state index contributed by atoms with van der Waals surface area (Å²) in [7, 11) is 3.27. The molecule has 1 heterocycles. The Morgan fingerprint density at radius 1 is 1.27 bits per heavy atom. The van der Waals surface area contributed by atoms with Gasteiger partial charge in [0.05, 0.1) is 29.3 Å². The predicted molar refractivity (Wildman–Crippen MR) is 103 cm³/mol. The van der Waals surface area contributed by atoms with Crippen LogP contribution in [0.15, 0.2) is 30.3 Å². The third kappa shape index (κ3) is 2.94. The smallest absolute Gasteiger partial charge is 0.339 e. The first-order valence-electron chi connectivity index (χ1n) is 7.92. The zero-order valence-electron chi connectivity index (χ0n) is 14.6. The lowest BCUT2D eigenvalue weighted by atomic mass is 10.0. The van der Waals surface area contributed by atoms with Crippen LogP contribution in [0.2, 0.25) is 10.0 Å². The molecular formula is C20H16Cl2N2O2. The Bertz CT molecular complexity index is 1080. The second kappa shape index (κ2) is 7.03. The molecule has 2 aromatic carbocycles. The Balaban J connectivity index is 2.13. The molecule has 0 saturated heterocycles. The first-order chi connectivity index (χ1) is 12.4. The fourth-order valence-corrected chi connectivity index (χ4v) is 3.69. The summed E-state index contributed by atoms with van der Waals surface area (Å²) in [4.78, 5) is 11.9. The van der Waals surface area contributed by atoms with E-state index < -0.39 is 5.97 Å². The minimum atomic E-state index is -0.500. The number of nitrogens with zero attached hydrogens (tertiary/aromatic N) is 2. The number of methoxy groups -OCH3 is 1. The van der Waals surface area contributed by atoms with E-state index in [1.165, 1.54) is 7.11 Å². The second-order valence-corrected chi connectivity index (χ2v) is 6.82. The van der Waals surface area contributed by atoms with Crippen molar-refractivity contribution >= 4 is 40.1 Å². The molecule has 0 aliphatic heterocycles. The molecule has 4 nitrogen and oxygen atoms in total. The van der Waals surface area contributed by atoms with Crippen molar-refractivity contribution in [1.29, 1.82) is 5.26 Å². The molecule has 0 aliphatic carbocycles. The summed E-state index contributed by atoms with van der Waals surface area (Å²) in [5.74, 6) is -0.500. The Labute approximate surface area is 161 Å². The summed E-state index contributed by atoms with van der Waals surface area (Å²) in [5, 5.41) is 11.0. The minimum Gasteiger partial charge on any atom is -0.465 e. The average Bonchev–Trinajstić information content (AvgIpc) is 2.95. The highest BCUT2D eigenvalue weighted by Crippen LogP contribution is 2.33. The van der Waals surface area contributed by atoms with Gasteiger partial charge in [0.1, 0.15) is 0 Å². The van der Waals surface area contributed by atoms with Gasteiger partial charge in [-0.05, 0) is 48.4 Å². The lowest BCUT2D eigenvalue weighted by molar-refractivity contribution is 0.0601. The van der Waals surface area contributed by atoms with Crippen molar-refractivity contribution in [1.82, 2.24) is 4.57 Å². The number of rotatable bonds is 3. The van der Waals surface area contributed by atoms with Gasteiger partial charge in [-0.15, -0.1) is 0 Å². The largest absolute Gasteiger partial charge is 0.465 e. The first-order valence-corrected chi connectivity index (χ1v) is 8.67. The van der Waals surface area contributed by atoms with E-state index in [1.807, 2.05) is 36.7 Å². The number of fused-ring (bicyclic) bond motifs is 1. The number of benzene rings is 2. The van der Waals surface area contributed by atoms with Gasteiger partial charge in [0.25, 0.3) is 0 Å². The maximum Gasteiger partial charge on any atom is 0.339 e. The van der Waals surface area contributed by atoms with E-state index in [1.54, 1.807) is 12.1 Å². The molecule has 0 unspecified atom stereocenters. The molecule has 0 amide bonds. The summed E-state index contributed by atoms with van der Waals surface area (Å²) >= 11 is 12.8.